The van der Waals surface area contributed by atoms with Crippen LogP contribution in [-0.4, -0.2) is 41.0 Å². The number of anilines is 2. The van der Waals surface area contributed by atoms with Crippen LogP contribution in [0.5, 0.6) is 0 Å². The average molecular weight is 318 g/mol. The van der Waals surface area contributed by atoms with E-state index in [4.69, 9.17) is 9.47 Å². The summed E-state index contributed by atoms with van der Waals surface area (Å²) in [5.41, 5.74) is -0.213. The molecule has 0 radical (unpaired) electrons. The van der Waals surface area contributed by atoms with E-state index in [1.807, 2.05) is 6.07 Å². The Kier molecular flexibility index (Phi) is 3.89. The number of carbonyl (C=O) groups excluding carboxylic acids is 2. The van der Waals surface area contributed by atoms with Crippen molar-refractivity contribution < 1.29 is 19.1 Å². The van der Waals surface area contributed by atoms with Crippen molar-refractivity contribution in [2.24, 2.45) is 0 Å². The predicted molar refractivity (Wildman–Crippen MR) is 81.4 cm³/mol. The molecular weight excluding hydrogens is 300 g/mol. The smallest absolute Gasteiger partial charge is 0.350 e. The summed E-state index contributed by atoms with van der Waals surface area (Å²) in [6, 6.07) is 3.58. The van der Waals surface area contributed by atoms with Gasteiger partial charge < -0.3 is 19.7 Å². The predicted octanol–water partition coefficient (Wildman–Crippen LogP) is 1.21. The van der Waals surface area contributed by atoms with E-state index >= 15 is 0 Å². The van der Waals surface area contributed by atoms with Crippen molar-refractivity contribution in [3.63, 3.8) is 0 Å². The number of esters is 2. The van der Waals surface area contributed by atoms with Gasteiger partial charge in [0.05, 0.1) is 0 Å². The Morgan fingerprint density at radius 1 is 1.13 bits per heavy atom. The van der Waals surface area contributed by atoms with E-state index in [0.29, 0.717) is 5.82 Å². The lowest BCUT2D eigenvalue weighted by atomic mass is 10.2. The molecule has 0 unspecified atom stereocenters. The maximum atomic E-state index is 11.8. The van der Waals surface area contributed by atoms with Crippen molar-refractivity contribution in [2.75, 3.05) is 23.3 Å². The van der Waals surface area contributed by atoms with Crippen LogP contribution in [-0.2, 0) is 19.1 Å². The molecule has 0 aromatic carbocycles. The SMILES string of the molecule is CC1(C)OC(=O)C(=CNc2ccc(N3CCCC3)nn2)C(=O)O1. The van der Waals surface area contributed by atoms with Crippen LogP contribution >= 0.6 is 0 Å². The molecule has 23 heavy (non-hydrogen) atoms. The number of ether oxygens (including phenoxy) is 2. The minimum absolute atomic E-state index is 0.213. The summed E-state index contributed by atoms with van der Waals surface area (Å²) >= 11 is 0. The number of aromatic nitrogens is 2. The van der Waals surface area contributed by atoms with Gasteiger partial charge in [-0.05, 0) is 25.0 Å². The molecule has 1 N–H and O–H groups in total. The minimum Gasteiger partial charge on any atom is -0.419 e. The number of nitrogens with one attached hydrogen (secondary N) is 1. The molecule has 0 aliphatic carbocycles. The van der Waals surface area contributed by atoms with Crippen molar-refractivity contribution in [1.29, 1.82) is 0 Å². The summed E-state index contributed by atoms with van der Waals surface area (Å²) in [4.78, 5) is 25.8. The van der Waals surface area contributed by atoms with Gasteiger partial charge >= 0.3 is 11.9 Å². The van der Waals surface area contributed by atoms with Gasteiger partial charge in [-0.2, -0.15) is 0 Å². The summed E-state index contributed by atoms with van der Waals surface area (Å²) in [5, 5.41) is 10.9. The molecule has 2 saturated heterocycles. The third-order valence-corrected chi connectivity index (χ3v) is 3.56. The Balaban J connectivity index is 1.67. The Morgan fingerprint density at radius 2 is 1.78 bits per heavy atom. The van der Waals surface area contributed by atoms with E-state index in [-0.39, 0.29) is 5.57 Å². The molecule has 2 aliphatic heterocycles. The van der Waals surface area contributed by atoms with E-state index in [2.05, 4.69) is 20.4 Å². The maximum absolute atomic E-state index is 11.8. The van der Waals surface area contributed by atoms with Crippen molar-refractivity contribution in [2.45, 2.75) is 32.5 Å². The van der Waals surface area contributed by atoms with Gasteiger partial charge in [0.15, 0.2) is 17.2 Å². The zero-order chi connectivity index (χ0) is 16.4. The topological polar surface area (TPSA) is 93.6 Å². The quantitative estimate of drug-likeness (QED) is 0.505. The minimum atomic E-state index is -1.25. The Hall–Kier alpha value is -2.64. The summed E-state index contributed by atoms with van der Waals surface area (Å²) in [5.74, 6) is -1.48. The summed E-state index contributed by atoms with van der Waals surface area (Å²) < 4.78 is 10.00. The molecular formula is C15H18N4O4. The monoisotopic (exact) mass is 318 g/mol. The van der Waals surface area contributed by atoms with Gasteiger partial charge in [0.25, 0.3) is 5.79 Å². The molecule has 122 valence electrons. The fraction of sp³-hybridized carbons (Fsp3) is 0.467. The van der Waals surface area contributed by atoms with Crippen LogP contribution in [0.15, 0.2) is 23.9 Å². The number of hydrogen-bond donors (Lipinski definition) is 1. The fourth-order valence-corrected chi connectivity index (χ4v) is 2.44. The van der Waals surface area contributed by atoms with E-state index in [0.717, 1.165) is 31.7 Å². The standard InChI is InChI=1S/C15H18N4O4/c1-15(2)22-13(20)10(14(21)23-15)9-16-11-5-6-12(18-17-11)19-7-3-4-8-19/h5-6,9H,3-4,7-8H2,1-2H3,(H,16,17). The highest BCUT2D eigenvalue weighted by Gasteiger charge is 2.38. The first-order chi connectivity index (χ1) is 10.9. The summed E-state index contributed by atoms with van der Waals surface area (Å²) in [6.45, 7) is 4.96. The van der Waals surface area contributed by atoms with Gasteiger partial charge in [-0.25, -0.2) is 9.59 Å². The molecule has 0 spiro atoms. The van der Waals surface area contributed by atoms with Gasteiger partial charge in [0.1, 0.15) is 0 Å². The largest absolute Gasteiger partial charge is 0.419 e. The second kappa shape index (κ2) is 5.86. The van der Waals surface area contributed by atoms with Crippen molar-refractivity contribution in [3.8, 4) is 0 Å². The molecule has 1 aromatic rings. The lowest BCUT2D eigenvalue weighted by Gasteiger charge is -2.29. The third-order valence-electron chi connectivity index (χ3n) is 3.56. The molecule has 3 rings (SSSR count). The van der Waals surface area contributed by atoms with Crippen LogP contribution in [0.1, 0.15) is 26.7 Å². The molecule has 0 saturated carbocycles. The maximum Gasteiger partial charge on any atom is 0.350 e. The highest BCUT2D eigenvalue weighted by molar-refractivity contribution is 6.15. The van der Waals surface area contributed by atoms with Crippen LogP contribution in [0, 0.1) is 0 Å². The first kappa shape index (κ1) is 15.3. The first-order valence-corrected chi connectivity index (χ1v) is 7.47. The summed E-state index contributed by atoms with van der Waals surface area (Å²) in [6.07, 6.45) is 3.54. The van der Waals surface area contributed by atoms with Crippen molar-refractivity contribution in [1.82, 2.24) is 10.2 Å². The lowest BCUT2D eigenvalue weighted by Crippen LogP contribution is -2.42. The van der Waals surface area contributed by atoms with Gasteiger partial charge in [-0.3, -0.25) is 0 Å². The highest BCUT2D eigenvalue weighted by atomic mass is 16.7. The van der Waals surface area contributed by atoms with Crippen LogP contribution < -0.4 is 10.2 Å². The molecule has 2 aliphatic rings. The van der Waals surface area contributed by atoms with E-state index < -0.39 is 17.7 Å². The fourth-order valence-electron chi connectivity index (χ4n) is 2.44. The second-order valence-corrected chi connectivity index (χ2v) is 5.85. The number of cyclic esters (lactones) is 2. The third kappa shape index (κ3) is 3.41. The molecule has 1 aromatic heterocycles. The zero-order valence-corrected chi connectivity index (χ0v) is 13.0. The Morgan fingerprint density at radius 3 is 2.35 bits per heavy atom. The number of nitrogens with zero attached hydrogens (tertiary/aromatic N) is 3. The van der Waals surface area contributed by atoms with Crippen molar-refractivity contribution >= 4 is 23.6 Å². The molecule has 0 amide bonds. The molecule has 8 nitrogen and oxygen atoms in total. The highest BCUT2D eigenvalue weighted by Crippen LogP contribution is 2.23. The number of rotatable bonds is 3. The molecule has 2 fully saturated rings. The van der Waals surface area contributed by atoms with Gasteiger partial charge in [0.2, 0.25) is 0 Å². The van der Waals surface area contributed by atoms with Crippen LogP contribution in [0.25, 0.3) is 0 Å². The van der Waals surface area contributed by atoms with Gasteiger partial charge in [-0.1, -0.05) is 0 Å². The van der Waals surface area contributed by atoms with Crippen LogP contribution in [0.4, 0.5) is 11.6 Å². The van der Waals surface area contributed by atoms with E-state index in [1.165, 1.54) is 20.0 Å². The van der Waals surface area contributed by atoms with Crippen molar-refractivity contribution in [3.05, 3.63) is 23.9 Å². The summed E-state index contributed by atoms with van der Waals surface area (Å²) in [7, 11) is 0. The Labute approximate surface area is 133 Å². The van der Waals surface area contributed by atoms with Gasteiger partial charge in [-0.15, -0.1) is 10.2 Å². The number of hydrogen-bond acceptors (Lipinski definition) is 8. The van der Waals surface area contributed by atoms with E-state index in [1.54, 1.807) is 6.07 Å². The number of carbonyl (C=O) groups is 2. The average Bonchev–Trinajstić information content (AvgIpc) is 3.00. The van der Waals surface area contributed by atoms with Gasteiger partial charge in [0, 0.05) is 33.1 Å². The van der Waals surface area contributed by atoms with Crippen LogP contribution in [0.3, 0.4) is 0 Å². The molecule has 0 bridgehead atoms. The lowest BCUT2D eigenvalue weighted by molar-refractivity contribution is -0.222. The zero-order valence-electron chi connectivity index (χ0n) is 13.0. The molecule has 0 atom stereocenters. The second-order valence-electron chi connectivity index (χ2n) is 5.85. The normalized spacial score (nSPS) is 20.1. The molecule has 8 heteroatoms. The first-order valence-electron chi connectivity index (χ1n) is 7.47. The van der Waals surface area contributed by atoms with Crippen LogP contribution in [0.2, 0.25) is 0 Å². The Bertz CT molecular complexity index is 626. The van der Waals surface area contributed by atoms with E-state index in [9.17, 15) is 9.59 Å². The molecule has 3 heterocycles.